The predicted octanol–water partition coefficient (Wildman–Crippen LogP) is 4.73. The van der Waals surface area contributed by atoms with E-state index in [4.69, 9.17) is 20.3 Å². The first-order valence-corrected chi connectivity index (χ1v) is 17.3. The first kappa shape index (κ1) is 34.8. The summed E-state index contributed by atoms with van der Waals surface area (Å²) in [4.78, 5) is 40.6. The van der Waals surface area contributed by atoms with Crippen molar-refractivity contribution in [3.05, 3.63) is 73.1 Å². The van der Waals surface area contributed by atoms with E-state index in [1.54, 1.807) is 6.08 Å². The number of benzene rings is 2. The summed E-state index contributed by atoms with van der Waals surface area (Å²) >= 11 is 0. The normalized spacial score (nSPS) is 17.7. The minimum atomic E-state index is -0.503. The molecule has 2 aromatic heterocycles. The number of nitrogens with one attached hydrogen (secondary N) is 1. The molecule has 2 amide bonds. The largest absolute Gasteiger partial charge is 0.457 e. The lowest BCUT2D eigenvalue weighted by molar-refractivity contribution is -0.127. The molecule has 2 saturated heterocycles. The van der Waals surface area contributed by atoms with E-state index in [1.807, 2.05) is 91.0 Å². The van der Waals surface area contributed by atoms with Crippen LogP contribution in [0, 0.1) is 0 Å². The summed E-state index contributed by atoms with van der Waals surface area (Å²) in [5.41, 5.74) is 8.12. The van der Waals surface area contributed by atoms with E-state index in [-0.39, 0.29) is 18.0 Å². The Kier molecular flexibility index (Phi) is 10.9. The number of piperidine rings is 1. The number of hydrogen-bond donors (Lipinski definition) is 2. The second kappa shape index (κ2) is 15.7. The minimum Gasteiger partial charge on any atom is -0.457 e. The van der Waals surface area contributed by atoms with Gasteiger partial charge in [0.1, 0.15) is 34.9 Å². The zero-order chi connectivity index (χ0) is 35.1. The van der Waals surface area contributed by atoms with Crippen LogP contribution < -0.4 is 15.8 Å². The van der Waals surface area contributed by atoms with E-state index in [0.29, 0.717) is 54.5 Å². The number of alkyl carbamates (subject to hydrolysis) is 1. The first-order chi connectivity index (χ1) is 24.1. The Bertz CT molecular complexity index is 1780. The summed E-state index contributed by atoms with van der Waals surface area (Å²) in [5, 5.41) is 8.55. The van der Waals surface area contributed by atoms with E-state index >= 15 is 0 Å². The van der Waals surface area contributed by atoms with Gasteiger partial charge in [-0.15, -0.1) is 0 Å². The molecule has 264 valence electrons. The lowest BCUT2D eigenvalue weighted by atomic mass is 10.1. The Morgan fingerprint density at radius 1 is 0.960 bits per heavy atom. The number of ether oxygens (including phenoxy) is 2. The third-order valence-electron chi connectivity index (χ3n) is 8.86. The van der Waals surface area contributed by atoms with Gasteiger partial charge in [0.05, 0.1) is 11.4 Å². The molecule has 13 heteroatoms. The zero-order valence-corrected chi connectivity index (χ0v) is 29.1. The van der Waals surface area contributed by atoms with Crippen molar-refractivity contribution in [2.24, 2.45) is 0 Å². The number of amides is 2. The lowest BCUT2D eigenvalue weighted by Gasteiger charge is -2.34. The number of rotatable bonds is 10. The molecule has 0 radical (unpaired) electrons. The van der Waals surface area contributed by atoms with Gasteiger partial charge in [0, 0.05) is 70.5 Å². The summed E-state index contributed by atoms with van der Waals surface area (Å²) in [6.45, 7) is 12.4. The second-order valence-corrected chi connectivity index (χ2v) is 13.7. The van der Waals surface area contributed by atoms with Gasteiger partial charge in [0.2, 0.25) is 5.91 Å². The Balaban J connectivity index is 1.03. The molecule has 3 N–H and O–H groups in total. The SMILES string of the molecule is CC(C)(C)OC(=O)NCCN1CCN(C/C=C/C(=O)N2CCC[C@@H](n3nc(-c4ccc(Oc5ccccc5)cc4)c4c(N)ncnc43)C2)CC1. The Morgan fingerprint density at radius 3 is 2.42 bits per heavy atom. The van der Waals surface area contributed by atoms with Crippen molar-refractivity contribution in [1.29, 1.82) is 0 Å². The summed E-state index contributed by atoms with van der Waals surface area (Å²) in [5.74, 6) is 1.85. The van der Waals surface area contributed by atoms with Crippen LogP contribution in [0.15, 0.2) is 73.1 Å². The summed E-state index contributed by atoms with van der Waals surface area (Å²) < 4.78 is 13.2. The number of para-hydroxylation sites is 1. The van der Waals surface area contributed by atoms with Gasteiger partial charge in [-0.2, -0.15) is 5.10 Å². The average Bonchev–Trinajstić information content (AvgIpc) is 3.50. The number of fused-ring (bicyclic) bond motifs is 1. The van der Waals surface area contributed by atoms with Crippen molar-refractivity contribution < 1.29 is 19.1 Å². The number of carbonyl (C=O) groups excluding carboxylic acids is 2. The quantitative estimate of drug-likeness (QED) is 0.226. The zero-order valence-electron chi connectivity index (χ0n) is 29.1. The van der Waals surface area contributed by atoms with E-state index in [2.05, 4.69) is 25.1 Å². The topological polar surface area (TPSA) is 144 Å². The number of carbonyl (C=O) groups is 2. The van der Waals surface area contributed by atoms with Crippen LogP contribution in [0.25, 0.3) is 22.3 Å². The van der Waals surface area contributed by atoms with Crippen LogP contribution in [-0.2, 0) is 9.53 Å². The van der Waals surface area contributed by atoms with E-state index in [9.17, 15) is 9.59 Å². The number of likely N-dealkylation sites (tertiary alicyclic amines) is 1. The lowest BCUT2D eigenvalue weighted by Crippen LogP contribution is -2.48. The molecule has 2 aromatic carbocycles. The van der Waals surface area contributed by atoms with Gasteiger partial charge in [-0.05, 0) is 70.0 Å². The molecular formula is C37H47N9O4. The van der Waals surface area contributed by atoms with Crippen molar-refractivity contribution in [2.75, 3.05) is 64.6 Å². The fourth-order valence-electron chi connectivity index (χ4n) is 6.35. The third-order valence-corrected chi connectivity index (χ3v) is 8.86. The molecule has 6 rings (SSSR count). The fraction of sp³-hybridized carbons (Fsp3) is 0.432. The Morgan fingerprint density at radius 2 is 1.68 bits per heavy atom. The summed E-state index contributed by atoms with van der Waals surface area (Å²) in [6.07, 6.45) is 6.47. The van der Waals surface area contributed by atoms with Crippen LogP contribution in [0.5, 0.6) is 11.5 Å². The maximum atomic E-state index is 13.3. The molecule has 4 heterocycles. The molecule has 0 spiro atoms. The molecule has 4 aromatic rings. The third kappa shape index (κ3) is 8.96. The fourth-order valence-corrected chi connectivity index (χ4v) is 6.35. The number of nitrogens with zero attached hydrogens (tertiary/aromatic N) is 7. The summed E-state index contributed by atoms with van der Waals surface area (Å²) in [6, 6.07) is 17.3. The van der Waals surface area contributed by atoms with Crippen molar-refractivity contribution >= 4 is 28.9 Å². The van der Waals surface area contributed by atoms with Gasteiger partial charge >= 0.3 is 6.09 Å². The molecule has 2 fully saturated rings. The molecule has 0 aliphatic carbocycles. The van der Waals surface area contributed by atoms with Crippen molar-refractivity contribution in [2.45, 2.75) is 45.3 Å². The van der Waals surface area contributed by atoms with Gasteiger partial charge in [0.25, 0.3) is 0 Å². The molecule has 13 nitrogen and oxygen atoms in total. The number of nitrogens with two attached hydrogens (primary N) is 1. The van der Waals surface area contributed by atoms with Crippen LogP contribution in [0.4, 0.5) is 10.6 Å². The molecular weight excluding hydrogens is 634 g/mol. The number of aromatic nitrogens is 4. The van der Waals surface area contributed by atoms with Crippen LogP contribution >= 0.6 is 0 Å². The van der Waals surface area contributed by atoms with E-state index in [1.165, 1.54) is 6.33 Å². The van der Waals surface area contributed by atoms with Crippen LogP contribution in [0.1, 0.15) is 39.7 Å². The predicted molar refractivity (Wildman–Crippen MR) is 193 cm³/mol. The Labute approximate surface area is 293 Å². The van der Waals surface area contributed by atoms with Crippen LogP contribution in [-0.4, -0.2) is 111 Å². The van der Waals surface area contributed by atoms with Crippen molar-refractivity contribution in [1.82, 2.24) is 39.8 Å². The van der Waals surface area contributed by atoms with Gasteiger partial charge < -0.3 is 25.4 Å². The van der Waals surface area contributed by atoms with Crippen LogP contribution in [0.3, 0.4) is 0 Å². The highest BCUT2D eigenvalue weighted by atomic mass is 16.6. The number of hydrogen-bond acceptors (Lipinski definition) is 10. The second-order valence-electron chi connectivity index (χ2n) is 13.7. The minimum absolute atomic E-state index is 0.00128. The molecule has 0 bridgehead atoms. The molecule has 1 atom stereocenters. The maximum absolute atomic E-state index is 13.3. The standard InChI is InChI=1S/C37H47N9O4/c1-37(2,3)50-36(48)39-17-20-44-23-21-43(22-24-44)18-8-12-31(47)45-19-7-9-28(25-45)46-35-32(34(38)40-26-41-35)33(42-46)27-13-15-30(16-14-27)49-29-10-5-4-6-11-29/h4-6,8,10-16,26,28H,7,9,17-25H2,1-3H3,(H,39,48)(H2,38,40,41)/b12-8+/t28-/m1/s1. The average molecular weight is 682 g/mol. The summed E-state index contributed by atoms with van der Waals surface area (Å²) in [7, 11) is 0. The number of piperazine rings is 1. The molecule has 0 saturated carbocycles. The highest BCUT2D eigenvalue weighted by Crippen LogP contribution is 2.35. The van der Waals surface area contributed by atoms with Gasteiger partial charge in [0.15, 0.2) is 5.65 Å². The highest BCUT2D eigenvalue weighted by molar-refractivity contribution is 5.98. The molecule has 0 unspecified atom stereocenters. The van der Waals surface area contributed by atoms with E-state index < -0.39 is 5.60 Å². The molecule has 50 heavy (non-hydrogen) atoms. The van der Waals surface area contributed by atoms with Gasteiger partial charge in [-0.3, -0.25) is 14.6 Å². The van der Waals surface area contributed by atoms with Gasteiger partial charge in [-0.25, -0.2) is 19.4 Å². The van der Waals surface area contributed by atoms with Crippen molar-refractivity contribution in [3.8, 4) is 22.8 Å². The van der Waals surface area contributed by atoms with Gasteiger partial charge in [-0.1, -0.05) is 24.3 Å². The van der Waals surface area contributed by atoms with Crippen molar-refractivity contribution in [3.63, 3.8) is 0 Å². The van der Waals surface area contributed by atoms with E-state index in [0.717, 1.165) is 56.9 Å². The molecule has 2 aliphatic rings. The first-order valence-electron chi connectivity index (χ1n) is 17.3. The molecule has 2 aliphatic heterocycles. The highest BCUT2D eigenvalue weighted by Gasteiger charge is 2.28. The number of anilines is 1. The monoisotopic (exact) mass is 681 g/mol. The Hall–Kier alpha value is -5.01. The maximum Gasteiger partial charge on any atom is 0.407 e. The smallest absolute Gasteiger partial charge is 0.407 e. The number of nitrogen functional groups attached to an aromatic ring is 1. The van der Waals surface area contributed by atoms with Crippen LogP contribution in [0.2, 0.25) is 0 Å².